The van der Waals surface area contributed by atoms with E-state index >= 15 is 0 Å². The number of nitrogens with one attached hydrogen (secondary N) is 2. The lowest BCUT2D eigenvalue weighted by atomic mass is 9.86. The number of ether oxygens (including phenoxy) is 1. The average molecular weight is 628 g/mol. The molecule has 0 spiro atoms. The molecule has 12 heteroatoms. The van der Waals surface area contributed by atoms with Gasteiger partial charge in [-0.3, -0.25) is 9.52 Å². The number of imidazole rings is 1. The van der Waals surface area contributed by atoms with Crippen LogP contribution in [0.4, 0.5) is 11.4 Å². The third-order valence-corrected chi connectivity index (χ3v) is 7.97. The summed E-state index contributed by atoms with van der Waals surface area (Å²) in [7, 11) is -2.18. The van der Waals surface area contributed by atoms with E-state index in [0.29, 0.717) is 29.2 Å². The van der Waals surface area contributed by atoms with Crippen LogP contribution in [0.2, 0.25) is 0 Å². The Labute approximate surface area is 263 Å². The number of hydrogen-bond acceptors (Lipinski definition) is 7. The van der Waals surface area contributed by atoms with Crippen molar-refractivity contribution in [2.24, 2.45) is 0 Å². The van der Waals surface area contributed by atoms with Crippen LogP contribution in [0.5, 0.6) is 5.75 Å². The molecule has 0 fully saturated rings. The highest BCUT2D eigenvalue weighted by atomic mass is 32.2. The number of amides is 1. The Morgan fingerprint density at radius 3 is 2.38 bits per heavy atom. The van der Waals surface area contributed by atoms with Crippen molar-refractivity contribution >= 4 is 27.3 Å². The number of rotatable bonds is 9. The normalized spacial score (nSPS) is 11.8. The van der Waals surface area contributed by atoms with E-state index in [2.05, 4.69) is 36.8 Å². The number of methoxy groups -OCH3 is 1. The second kappa shape index (κ2) is 12.2. The highest BCUT2D eigenvalue weighted by Gasteiger charge is 2.23. The van der Waals surface area contributed by atoms with E-state index in [1.54, 1.807) is 35.1 Å². The molecule has 0 aliphatic rings. The molecule has 3 aromatic carbocycles. The lowest BCUT2D eigenvalue weighted by molar-refractivity contribution is 0.102. The highest BCUT2D eigenvalue weighted by molar-refractivity contribution is 7.92. The third-order valence-electron chi connectivity index (χ3n) is 7.38. The summed E-state index contributed by atoms with van der Waals surface area (Å²) in [5.41, 5.74) is 5.50. The topological polar surface area (TPSA) is 133 Å². The summed E-state index contributed by atoms with van der Waals surface area (Å²) in [6, 6.07) is 18.8. The average Bonchev–Trinajstić information content (AvgIpc) is 3.64. The van der Waals surface area contributed by atoms with Gasteiger partial charge in [-0.2, -0.15) is 0 Å². The van der Waals surface area contributed by atoms with E-state index in [0.717, 1.165) is 34.5 Å². The van der Waals surface area contributed by atoms with Crippen molar-refractivity contribution < 1.29 is 17.9 Å². The van der Waals surface area contributed by atoms with E-state index in [1.165, 1.54) is 7.11 Å². The number of aryl methyl sites for hydroxylation is 1. The van der Waals surface area contributed by atoms with Gasteiger partial charge in [0.2, 0.25) is 10.0 Å². The molecule has 0 saturated heterocycles. The van der Waals surface area contributed by atoms with Crippen molar-refractivity contribution in [2.75, 3.05) is 23.4 Å². The fraction of sp³-hybridized carbons (Fsp3) is 0.273. The first-order valence-corrected chi connectivity index (χ1v) is 16.3. The van der Waals surface area contributed by atoms with Crippen molar-refractivity contribution in [2.45, 2.75) is 46.6 Å². The molecule has 11 nitrogen and oxygen atoms in total. The monoisotopic (exact) mass is 627 g/mol. The van der Waals surface area contributed by atoms with Gasteiger partial charge in [-0.25, -0.2) is 18.1 Å². The first-order valence-electron chi connectivity index (χ1n) is 14.5. The van der Waals surface area contributed by atoms with Crippen molar-refractivity contribution in [3.8, 4) is 34.2 Å². The van der Waals surface area contributed by atoms with Gasteiger partial charge < -0.3 is 14.6 Å². The molecule has 2 heterocycles. The Morgan fingerprint density at radius 2 is 1.73 bits per heavy atom. The summed E-state index contributed by atoms with van der Waals surface area (Å²) >= 11 is 0. The maximum absolute atomic E-state index is 13.6. The molecule has 0 atom stereocenters. The standard InChI is InChI=1S/C33H37N7O4S/c1-8-39-29(19-34-31(39)22-12-10-9-11-13-22)27-20-40(38-36-27)28-16-23(15-14-21(28)2)32(41)35-25-17-24(33(3,4)5)18-26(30(25)44-6)37-45(7,42)43/h9-20,37H,8H2,1-7H3,(H,35,41). The van der Waals surface area contributed by atoms with Crippen LogP contribution in [0.25, 0.3) is 28.5 Å². The summed E-state index contributed by atoms with van der Waals surface area (Å²) < 4.78 is 36.0. The number of carbonyl (C=O) groups is 1. The van der Waals surface area contributed by atoms with Crippen LogP contribution in [0.15, 0.2) is 73.1 Å². The van der Waals surface area contributed by atoms with Gasteiger partial charge in [-0.05, 0) is 54.7 Å². The molecule has 0 aliphatic heterocycles. The molecule has 2 aromatic heterocycles. The zero-order valence-electron chi connectivity index (χ0n) is 26.4. The zero-order valence-corrected chi connectivity index (χ0v) is 27.2. The summed E-state index contributed by atoms with van der Waals surface area (Å²) in [4.78, 5) is 18.3. The van der Waals surface area contributed by atoms with Gasteiger partial charge in [0.15, 0.2) is 5.75 Å². The number of benzene rings is 3. The first kappa shape index (κ1) is 31.5. The SMILES string of the molecule is CCn1c(-c2cn(-c3cc(C(=O)Nc4cc(C(C)(C)C)cc(NS(C)(=O)=O)c4OC)ccc3C)nn2)cnc1-c1ccccc1. The minimum absolute atomic E-state index is 0.206. The highest BCUT2D eigenvalue weighted by Crippen LogP contribution is 2.39. The van der Waals surface area contributed by atoms with Crippen molar-refractivity contribution in [1.29, 1.82) is 0 Å². The Bertz CT molecular complexity index is 1970. The molecule has 0 bridgehead atoms. The first-order chi connectivity index (χ1) is 21.3. The van der Waals surface area contributed by atoms with Crippen LogP contribution in [0.1, 0.15) is 49.2 Å². The third kappa shape index (κ3) is 6.75. The van der Waals surface area contributed by atoms with E-state index in [4.69, 9.17) is 4.74 Å². The van der Waals surface area contributed by atoms with Crippen LogP contribution in [-0.2, 0) is 22.0 Å². The van der Waals surface area contributed by atoms with Gasteiger partial charge in [0.1, 0.15) is 11.5 Å². The molecule has 0 saturated carbocycles. The van der Waals surface area contributed by atoms with Crippen LogP contribution in [-0.4, -0.2) is 52.2 Å². The van der Waals surface area contributed by atoms with Gasteiger partial charge in [-0.15, -0.1) is 5.10 Å². The van der Waals surface area contributed by atoms with Crippen LogP contribution in [0.3, 0.4) is 0 Å². The maximum atomic E-state index is 13.6. The Hall–Kier alpha value is -4.97. The number of aromatic nitrogens is 5. The molecule has 1 amide bonds. The van der Waals surface area contributed by atoms with E-state index < -0.39 is 15.9 Å². The van der Waals surface area contributed by atoms with Crippen LogP contribution in [0, 0.1) is 6.92 Å². The molecule has 234 valence electrons. The molecule has 5 aromatic rings. The maximum Gasteiger partial charge on any atom is 0.255 e. The lowest BCUT2D eigenvalue weighted by Crippen LogP contribution is -2.18. The number of nitrogens with zero attached hydrogens (tertiary/aromatic N) is 5. The largest absolute Gasteiger partial charge is 0.492 e. The second-order valence-electron chi connectivity index (χ2n) is 11.8. The Morgan fingerprint density at radius 1 is 1.02 bits per heavy atom. The molecule has 2 N–H and O–H groups in total. The quantitative estimate of drug-likeness (QED) is 0.203. The van der Waals surface area contributed by atoms with Crippen molar-refractivity contribution in [3.05, 3.63) is 89.7 Å². The van der Waals surface area contributed by atoms with Gasteiger partial charge in [0.05, 0.1) is 48.5 Å². The Kier molecular flexibility index (Phi) is 8.53. The minimum atomic E-state index is -3.61. The van der Waals surface area contributed by atoms with Gasteiger partial charge >= 0.3 is 0 Å². The second-order valence-corrected chi connectivity index (χ2v) is 13.6. The molecular weight excluding hydrogens is 590 g/mol. The minimum Gasteiger partial charge on any atom is -0.492 e. The molecule has 0 radical (unpaired) electrons. The van der Waals surface area contributed by atoms with Crippen molar-refractivity contribution in [1.82, 2.24) is 24.5 Å². The van der Waals surface area contributed by atoms with Gasteiger partial charge in [0, 0.05) is 17.7 Å². The van der Waals surface area contributed by atoms with Crippen LogP contribution >= 0.6 is 0 Å². The zero-order chi connectivity index (χ0) is 32.5. The summed E-state index contributed by atoms with van der Waals surface area (Å²) in [6.45, 7) is 10.7. The van der Waals surface area contributed by atoms with Crippen molar-refractivity contribution in [3.63, 3.8) is 0 Å². The molecule has 5 rings (SSSR count). The predicted octanol–water partition coefficient (Wildman–Crippen LogP) is 6.06. The van der Waals surface area contributed by atoms with Gasteiger partial charge in [-0.1, -0.05) is 62.4 Å². The summed E-state index contributed by atoms with van der Waals surface area (Å²) in [5, 5.41) is 11.7. The smallest absolute Gasteiger partial charge is 0.255 e. The number of hydrogen-bond donors (Lipinski definition) is 2. The van der Waals surface area contributed by atoms with E-state index in [-0.39, 0.29) is 16.9 Å². The van der Waals surface area contributed by atoms with Gasteiger partial charge in [0.25, 0.3) is 5.91 Å². The van der Waals surface area contributed by atoms with E-state index in [9.17, 15) is 13.2 Å². The number of sulfonamides is 1. The molecule has 45 heavy (non-hydrogen) atoms. The molecule has 0 aliphatic carbocycles. The Balaban J connectivity index is 1.48. The number of anilines is 2. The molecule has 0 unspecified atom stereocenters. The predicted molar refractivity (Wildman–Crippen MR) is 177 cm³/mol. The fourth-order valence-corrected chi connectivity index (χ4v) is 5.61. The number of carbonyl (C=O) groups excluding carboxylic acids is 1. The summed E-state index contributed by atoms with van der Waals surface area (Å²) in [6.07, 6.45) is 4.68. The van der Waals surface area contributed by atoms with Crippen LogP contribution < -0.4 is 14.8 Å². The summed E-state index contributed by atoms with van der Waals surface area (Å²) in [5.74, 6) is 0.651. The van der Waals surface area contributed by atoms with E-state index in [1.807, 2.05) is 70.3 Å². The molecular formula is C33H37N7O4S. The lowest BCUT2D eigenvalue weighted by Gasteiger charge is -2.24. The fourth-order valence-electron chi connectivity index (χ4n) is 5.06.